The van der Waals surface area contributed by atoms with Crippen LogP contribution in [0.5, 0.6) is 5.75 Å². The summed E-state index contributed by atoms with van der Waals surface area (Å²) in [5, 5.41) is 0.715. The lowest BCUT2D eigenvalue weighted by Crippen LogP contribution is -2.53. The quantitative estimate of drug-likeness (QED) is 0.728. The number of anilines is 2. The van der Waals surface area contributed by atoms with E-state index in [-0.39, 0.29) is 30.4 Å². The summed E-state index contributed by atoms with van der Waals surface area (Å²) in [7, 11) is 0. The Morgan fingerprint density at radius 2 is 1.74 bits per heavy atom. The van der Waals surface area contributed by atoms with Crippen molar-refractivity contribution >= 4 is 34.8 Å². The molecule has 0 saturated carbocycles. The topological polar surface area (TPSA) is 53.1 Å². The van der Waals surface area contributed by atoms with Crippen molar-refractivity contribution in [1.29, 1.82) is 0 Å². The van der Waals surface area contributed by atoms with Crippen LogP contribution in [-0.2, 0) is 15.0 Å². The molecule has 0 unspecified atom stereocenters. The summed E-state index contributed by atoms with van der Waals surface area (Å²) < 4.78 is 5.60. The predicted molar refractivity (Wildman–Crippen MR) is 123 cm³/mol. The molecule has 2 aliphatic rings. The third-order valence-electron chi connectivity index (χ3n) is 5.89. The second kappa shape index (κ2) is 8.42. The first-order chi connectivity index (χ1) is 14.7. The number of carbonyl (C=O) groups excluding carboxylic acids is 2. The van der Waals surface area contributed by atoms with Gasteiger partial charge in [0, 0.05) is 26.2 Å². The Bertz CT molecular complexity index is 994. The van der Waals surface area contributed by atoms with Crippen LogP contribution in [0.25, 0.3) is 0 Å². The minimum absolute atomic E-state index is 0.0227. The monoisotopic (exact) mass is 441 g/mol. The van der Waals surface area contributed by atoms with Gasteiger partial charge in [-0.25, -0.2) is 0 Å². The average Bonchev–Trinajstić information content (AvgIpc) is 2.75. The van der Waals surface area contributed by atoms with Gasteiger partial charge < -0.3 is 14.5 Å². The van der Waals surface area contributed by atoms with E-state index in [1.165, 1.54) is 0 Å². The average molecular weight is 442 g/mol. The van der Waals surface area contributed by atoms with E-state index in [1.54, 1.807) is 4.90 Å². The van der Waals surface area contributed by atoms with Crippen LogP contribution in [0.4, 0.5) is 11.4 Å². The van der Waals surface area contributed by atoms with Gasteiger partial charge in [-0.3, -0.25) is 14.5 Å². The van der Waals surface area contributed by atoms with Gasteiger partial charge in [0.1, 0.15) is 12.3 Å². The van der Waals surface area contributed by atoms with Crippen LogP contribution in [0.3, 0.4) is 0 Å². The van der Waals surface area contributed by atoms with Crippen LogP contribution in [-0.4, -0.2) is 56.0 Å². The molecular formula is C24H28ClN3O3. The first kappa shape index (κ1) is 21.5. The summed E-state index contributed by atoms with van der Waals surface area (Å²) in [6.07, 6.45) is 0. The fraction of sp³-hybridized carbons (Fsp3) is 0.417. The van der Waals surface area contributed by atoms with Gasteiger partial charge in [-0.2, -0.15) is 0 Å². The number of hydrogen-bond donors (Lipinski definition) is 0. The van der Waals surface area contributed by atoms with Gasteiger partial charge in [-0.05, 0) is 35.2 Å². The van der Waals surface area contributed by atoms with Crippen molar-refractivity contribution in [2.75, 3.05) is 49.1 Å². The molecule has 2 aliphatic heterocycles. The molecular weight excluding hydrogens is 414 g/mol. The van der Waals surface area contributed by atoms with E-state index in [2.05, 4.69) is 25.7 Å². The highest BCUT2D eigenvalue weighted by Gasteiger charge is 2.31. The maximum Gasteiger partial charge on any atom is 0.265 e. The van der Waals surface area contributed by atoms with Crippen molar-refractivity contribution in [3.63, 3.8) is 0 Å². The van der Waals surface area contributed by atoms with E-state index in [4.69, 9.17) is 16.3 Å². The Kier molecular flexibility index (Phi) is 5.84. The lowest BCUT2D eigenvalue weighted by atomic mass is 9.86. The van der Waals surface area contributed by atoms with Gasteiger partial charge in [-0.1, -0.05) is 50.6 Å². The zero-order valence-corrected chi connectivity index (χ0v) is 19.0. The smallest absolute Gasteiger partial charge is 0.265 e. The first-order valence-electron chi connectivity index (χ1n) is 10.6. The van der Waals surface area contributed by atoms with E-state index >= 15 is 0 Å². The molecule has 31 heavy (non-hydrogen) atoms. The third-order valence-corrected chi connectivity index (χ3v) is 6.21. The summed E-state index contributed by atoms with van der Waals surface area (Å²) in [6, 6.07) is 13.6. The minimum Gasteiger partial charge on any atom is -0.482 e. The summed E-state index contributed by atoms with van der Waals surface area (Å²) in [4.78, 5) is 31.3. The molecule has 0 spiro atoms. The van der Waals surface area contributed by atoms with Crippen LogP contribution in [0.15, 0.2) is 42.5 Å². The number of fused-ring (bicyclic) bond motifs is 1. The largest absolute Gasteiger partial charge is 0.482 e. The van der Waals surface area contributed by atoms with Crippen molar-refractivity contribution in [2.24, 2.45) is 0 Å². The second-order valence-corrected chi connectivity index (χ2v) is 9.43. The maximum atomic E-state index is 13.1. The first-order valence-corrected chi connectivity index (χ1v) is 11.0. The number of ether oxygens (including phenoxy) is 1. The Morgan fingerprint density at radius 1 is 1.03 bits per heavy atom. The molecule has 0 aliphatic carbocycles. The molecule has 7 heteroatoms. The van der Waals surface area contributed by atoms with Gasteiger partial charge in [0.05, 0.1) is 16.4 Å². The number of piperazine rings is 1. The highest BCUT2D eigenvalue weighted by molar-refractivity contribution is 6.33. The number of halogens is 1. The van der Waals surface area contributed by atoms with E-state index in [1.807, 2.05) is 47.4 Å². The van der Waals surface area contributed by atoms with E-state index < -0.39 is 0 Å². The Morgan fingerprint density at radius 3 is 2.42 bits per heavy atom. The van der Waals surface area contributed by atoms with Crippen LogP contribution in [0, 0.1) is 0 Å². The van der Waals surface area contributed by atoms with Gasteiger partial charge in [-0.15, -0.1) is 0 Å². The van der Waals surface area contributed by atoms with Crippen LogP contribution in [0.2, 0.25) is 5.02 Å². The number of hydrogen-bond acceptors (Lipinski definition) is 4. The molecule has 2 aromatic rings. The summed E-state index contributed by atoms with van der Waals surface area (Å²) >= 11 is 6.32. The standard InChI is InChI=1S/C24H28ClN3O3/c1-24(2,3)17-8-9-21-20(14-17)28(23(30)16-31-21)15-22(29)27-12-10-26(11-13-27)19-7-5-4-6-18(19)25/h4-9,14H,10-13,15-16H2,1-3H3. The fourth-order valence-corrected chi connectivity index (χ4v) is 4.24. The molecule has 4 rings (SSSR count). The third kappa shape index (κ3) is 4.49. The van der Waals surface area contributed by atoms with E-state index in [0.717, 1.165) is 11.3 Å². The molecule has 2 aromatic carbocycles. The highest BCUT2D eigenvalue weighted by Crippen LogP contribution is 2.36. The molecule has 1 fully saturated rings. The molecule has 1 saturated heterocycles. The van der Waals surface area contributed by atoms with Crippen molar-refractivity contribution in [3.05, 3.63) is 53.1 Å². The molecule has 2 heterocycles. The molecule has 0 bridgehead atoms. The summed E-state index contributed by atoms with van der Waals surface area (Å²) in [5.74, 6) is 0.395. The van der Waals surface area contributed by atoms with Crippen molar-refractivity contribution in [3.8, 4) is 5.75 Å². The highest BCUT2D eigenvalue weighted by atomic mass is 35.5. The number of nitrogens with zero attached hydrogens (tertiary/aromatic N) is 3. The molecule has 164 valence electrons. The molecule has 0 N–H and O–H groups in total. The Balaban J connectivity index is 1.46. The Labute approximate surface area is 188 Å². The molecule has 6 nitrogen and oxygen atoms in total. The van der Waals surface area contributed by atoms with Crippen molar-refractivity contribution in [1.82, 2.24) is 4.90 Å². The van der Waals surface area contributed by atoms with Crippen LogP contribution < -0.4 is 14.5 Å². The molecule has 2 amide bonds. The minimum atomic E-state index is -0.193. The molecule has 0 aromatic heterocycles. The maximum absolute atomic E-state index is 13.1. The predicted octanol–water partition coefficient (Wildman–Crippen LogP) is 3.71. The lowest BCUT2D eigenvalue weighted by Gasteiger charge is -2.38. The number of rotatable bonds is 3. The lowest BCUT2D eigenvalue weighted by molar-refractivity contribution is -0.132. The van der Waals surface area contributed by atoms with Crippen LogP contribution in [0.1, 0.15) is 26.3 Å². The second-order valence-electron chi connectivity index (χ2n) is 9.02. The zero-order valence-electron chi connectivity index (χ0n) is 18.2. The van der Waals surface area contributed by atoms with Gasteiger partial charge >= 0.3 is 0 Å². The van der Waals surface area contributed by atoms with Crippen LogP contribution >= 0.6 is 11.6 Å². The number of para-hydroxylation sites is 1. The summed E-state index contributed by atoms with van der Waals surface area (Å²) in [6.45, 7) is 8.93. The van der Waals surface area contributed by atoms with Gasteiger partial charge in [0.15, 0.2) is 6.61 Å². The van der Waals surface area contributed by atoms with Crippen molar-refractivity contribution < 1.29 is 14.3 Å². The fourth-order valence-electron chi connectivity index (χ4n) is 3.98. The van der Waals surface area contributed by atoms with E-state index in [0.29, 0.717) is 42.6 Å². The number of benzene rings is 2. The zero-order chi connectivity index (χ0) is 22.2. The molecule has 0 radical (unpaired) electrons. The summed E-state index contributed by atoms with van der Waals surface area (Å²) in [5.41, 5.74) is 2.69. The number of carbonyl (C=O) groups is 2. The SMILES string of the molecule is CC(C)(C)c1ccc2c(c1)N(CC(=O)N1CCN(c3ccccc3Cl)CC1)C(=O)CO2. The van der Waals surface area contributed by atoms with Gasteiger partial charge in [0.2, 0.25) is 5.91 Å². The van der Waals surface area contributed by atoms with Crippen molar-refractivity contribution in [2.45, 2.75) is 26.2 Å². The van der Waals surface area contributed by atoms with Gasteiger partial charge in [0.25, 0.3) is 5.91 Å². The van der Waals surface area contributed by atoms with E-state index in [9.17, 15) is 9.59 Å². The Hall–Kier alpha value is -2.73. The molecule has 0 atom stereocenters. The normalized spacial score (nSPS) is 16.8. The number of amides is 2.